The van der Waals surface area contributed by atoms with Crippen molar-refractivity contribution in [2.24, 2.45) is 0 Å². The zero-order valence-corrected chi connectivity index (χ0v) is 10.3. The Balaban J connectivity index is 2.56. The van der Waals surface area contributed by atoms with Crippen LogP contribution in [-0.4, -0.2) is 28.0 Å². The van der Waals surface area contributed by atoms with Crippen LogP contribution >= 0.6 is 0 Å². The smallest absolute Gasteiger partial charge is 0.339 e. The molecule has 1 aromatic heterocycles. The number of aromatic carboxylic acids is 1. The fourth-order valence-electron chi connectivity index (χ4n) is 1.83. The van der Waals surface area contributed by atoms with Gasteiger partial charge in [-0.25, -0.2) is 4.79 Å². The van der Waals surface area contributed by atoms with Crippen molar-refractivity contribution in [3.8, 4) is 16.9 Å². The summed E-state index contributed by atoms with van der Waals surface area (Å²) in [7, 11) is 1.47. The number of nitrogens with zero attached hydrogens (tertiary/aromatic N) is 2. The van der Waals surface area contributed by atoms with Crippen molar-refractivity contribution in [2.45, 2.75) is 13.5 Å². The summed E-state index contributed by atoms with van der Waals surface area (Å²) in [5.41, 5.74) is 1.73. The fourth-order valence-corrected chi connectivity index (χ4v) is 1.83. The number of carboxylic acids is 1. The van der Waals surface area contributed by atoms with Gasteiger partial charge in [-0.1, -0.05) is 12.1 Å². The number of rotatable bonds is 4. The number of hydrogen-bond acceptors (Lipinski definition) is 3. The van der Waals surface area contributed by atoms with Gasteiger partial charge in [0.1, 0.15) is 11.3 Å². The third kappa shape index (κ3) is 2.07. The maximum Gasteiger partial charge on any atom is 0.339 e. The van der Waals surface area contributed by atoms with Crippen LogP contribution in [0, 0.1) is 0 Å². The molecule has 0 aliphatic heterocycles. The molecule has 1 heterocycles. The van der Waals surface area contributed by atoms with Crippen LogP contribution in [0.3, 0.4) is 0 Å². The van der Waals surface area contributed by atoms with E-state index in [1.54, 1.807) is 16.9 Å². The molecule has 2 rings (SSSR count). The summed E-state index contributed by atoms with van der Waals surface area (Å²) in [6.45, 7) is 2.75. The first-order valence-electron chi connectivity index (χ1n) is 5.60. The number of aromatic nitrogens is 2. The Morgan fingerprint density at radius 2 is 2.28 bits per heavy atom. The Labute approximate surface area is 105 Å². The quantitative estimate of drug-likeness (QED) is 0.898. The summed E-state index contributed by atoms with van der Waals surface area (Å²) < 4.78 is 7.00. The van der Waals surface area contributed by atoms with Crippen LogP contribution < -0.4 is 4.74 Å². The maximum atomic E-state index is 11.1. The van der Waals surface area contributed by atoms with Crippen molar-refractivity contribution in [1.82, 2.24) is 9.78 Å². The second kappa shape index (κ2) is 4.91. The zero-order valence-electron chi connectivity index (χ0n) is 10.3. The van der Waals surface area contributed by atoms with Gasteiger partial charge in [-0.3, -0.25) is 4.68 Å². The van der Waals surface area contributed by atoms with Crippen molar-refractivity contribution in [3.63, 3.8) is 0 Å². The summed E-state index contributed by atoms with van der Waals surface area (Å²) in [4.78, 5) is 11.1. The van der Waals surface area contributed by atoms with E-state index in [9.17, 15) is 4.79 Å². The summed E-state index contributed by atoms with van der Waals surface area (Å²) in [6.07, 6.45) is 3.57. The molecule has 0 spiro atoms. The zero-order chi connectivity index (χ0) is 13.1. The number of benzene rings is 1. The average molecular weight is 246 g/mol. The van der Waals surface area contributed by atoms with Gasteiger partial charge in [0.25, 0.3) is 0 Å². The van der Waals surface area contributed by atoms with E-state index in [0.717, 1.165) is 17.7 Å². The largest absolute Gasteiger partial charge is 0.495 e. The van der Waals surface area contributed by atoms with Crippen LogP contribution in [0.5, 0.6) is 5.75 Å². The number of ether oxygens (including phenoxy) is 1. The molecule has 0 fully saturated rings. The van der Waals surface area contributed by atoms with E-state index in [4.69, 9.17) is 9.84 Å². The molecule has 1 N–H and O–H groups in total. The van der Waals surface area contributed by atoms with Gasteiger partial charge in [0.2, 0.25) is 0 Å². The number of carboxylic acid groups (broad SMARTS) is 1. The molecule has 0 aliphatic carbocycles. The Kier molecular flexibility index (Phi) is 3.32. The highest BCUT2D eigenvalue weighted by Gasteiger charge is 2.16. The van der Waals surface area contributed by atoms with E-state index < -0.39 is 5.97 Å². The first kappa shape index (κ1) is 12.2. The Bertz CT molecular complexity index is 575. The molecule has 94 valence electrons. The molecule has 0 atom stereocenters. The predicted molar refractivity (Wildman–Crippen MR) is 66.8 cm³/mol. The minimum absolute atomic E-state index is 0.152. The normalized spacial score (nSPS) is 10.3. The lowest BCUT2D eigenvalue weighted by Gasteiger charge is -2.09. The number of aryl methyl sites for hydroxylation is 1. The summed E-state index contributed by atoms with van der Waals surface area (Å²) in [6, 6.07) is 5.04. The molecule has 18 heavy (non-hydrogen) atoms. The summed E-state index contributed by atoms with van der Waals surface area (Å²) in [5, 5.41) is 13.3. The summed E-state index contributed by atoms with van der Waals surface area (Å²) in [5.74, 6) is -0.641. The maximum absolute atomic E-state index is 11.1. The molecule has 0 saturated carbocycles. The highest BCUT2D eigenvalue weighted by molar-refractivity contribution is 5.94. The van der Waals surface area contributed by atoms with Crippen LogP contribution in [0.1, 0.15) is 17.3 Å². The number of carbonyl (C=O) groups is 1. The molecule has 0 radical (unpaired) electrons. The van der Waals surface area contributed by atoms with Crippen molar-refractivity contribution >= 4 is 5.97 Å². The van der Waals surface area contributed by atoms with Crippen molar-refractivity contribution in [3.05, 3.63) is 36.2 Å². The first-order valence-corrected chi connectivity index (χ1v) is 5.60. The van der Waals surface area contributed by atoms with Crippen molar-refractivity contribution in [1.29, 1.82) is 0 Å². The second-order valence-electron chi connectivity index (χ2n) is 3.78. The summed E-state index contributed by atoms with van der Waals surface area (Å²) >= 11 is 0. The van der Waals surface area contributed by atoms with Crippen LogP contribution in [0.25, 0.3) is 11.1 Å². The average Bonchev–Trinajstić information content (AvgIpc) is 2.86. The molecule has 0 aliphatic rings. The van der Waals surface area contributed by atoms with Gasteiger partial charge in [0.15, 0.2) is 0 Å². The SMILES string of the molecule is CCn1cc(-c2cccc(C(=O)O)c2OC)cn1. The topological polar surface area (TPSA) is 64.4 Å². The van der Waals surface area contributed by atoms with Gasteiger partial charge in [0.05, 0.1) is 13.3 Å². The van der Waals surface area contributed by atoms with Crippen molar-refractivity contribution in [2.75, 3.05) is 7.11 Å². The van der Waals surface area contributed by atoms with Gasteiger partial charge in [0, 0.05) is 23.9 Å². The van der Waals surface area contributed by atoms with Gasteiger partial charge >= 0.3 is 5.97 Å². The van der Waals surface area contributed by atoms with E-state index in [2.05, 4.69) is 5.10 Å². The van der Waals surface area contributed by atoms with E-state index >= 15 is 0 Å². The molecule has 0 bridgehead atoms. The van der Waals surface area contributed by atoms with Gasteiger partial charge in [-0.05, 0) is 13.0 Å². The molecule has 0 saturated heterocycles. The van der Waals surface area contributed by atoms with Crippen LogP contribution in [0.2, 0.25) is 0 Å². The Morgan fingerprint density at radius 1 is 1.50 bits per heavy atom. The molecule has 1 aromatic carbocycles. The number of hydrogen-bond donors (Lipinski definition) is 1. The lowest BCUT2D eigenvalue weighted by molar-refractivity contribution is 0.0693. The highest BCUT2D eigenvalue weighted by Crippen LogP contribution is 2.32. The molecule has 0 unspecified atom stereocenters. The highest BCUT2D eigenvalue weighted by atomic mass is 16.5. The van der Waals surface area contributed by atoms with Crippen molar-refractivity contribution < 1.29 is 14.6 Å². The van der Waals surface area contributed by atoms with Gasteiger partial charge < -0.3 is 9.84 Å². The second-order valence-corrected chi connectivity index (χ2v) is 3.78. The molecule has 0 amide bonds. The predicted octanol–water partition coefficient (Wildman–Crippen LogP) is 2.28. The van der Waals surface area contributed by atoms with Crippen LogP contribution in [0.15, 0.2) is 30.6 Å². The van der Waals surface area contributed by atoms with Gasteiger partial charge in [-0.2, -0.15) is 5.10 Å². The Hall–Kier alpha value is -2.30. The van der Waals surface area contributed by atoms with E-state index in [1.807, 2.05) is 19.2 Å². The minimum Gasteiger partial charge on any atom is -0.495 e. The van der Waals surface area contributed by atoms with Gasteiger partial charge in [-0.15, -0.1) is 0 Å². The fraction of sp³-hybridized carbons (Fsp3) is 0.231. The molecule has 2 aromatic rings. The van der Waals surface area contributed by atoms with Crippen LogP contribution in [-0.2, 0) is 6.54 Å². The third-order valence-corrected chi connectivity index (χ3v) is 2.72. The minimum atomic E-state index is -1.00. The standard InChI is InChI=1S/C13H14N2O3/c1-3-15-8-9(7-14-15)10-5-4-6-11(13(16)17)12(10)18-2/h4-8H,3H2,1-2H3,(H,16,17). The first-order chi connectivity index (χ1) is 8.67. The molecular formula is C13H14N2O3. The lowest BCUT2D eigenvalue weighted by atomic mass is 10.0. The molecule has 5 nitrogen and oxygen atoms in total. The van der Waals surface area contributed by atoms with E-state index in [-0.39, 0.29) is 5.56 Å². The molecular weight excluding hydrogens is 232 g/mol. The number of methoxy groups -OCH3 is 1. The van der Waals surface area contributed by atoms with E-state index in [1.165, 1.54) is 13.2 Å². The van der Waals surface area contributed by atoms with E-state index in [0.29, 0.717) is 5.75 Å². The monoisotopic (exact) mass is 246 g/mol. The number of para-hydroxylation sites is 1. The molecule has 5 heteroatoms. The third-order valence-electron chi connectivity index (χ3n) is 2.72. The lowest BCUT2D eigenvalue weighted by Crippen LogP contribution is -2.01. The Morgan fingerprint density at radius 3 is 2.83 bits per heavy atom. The van der Waals surface area contributed by atoms with Crippen LogP contribution in [0.4, 0.5) is 0 Å².